The summed E-state index contributed by atoms with van der Waals surface area (Å²) in [7, 11) is -3.41. The van der Waals surface area contributed by atoms with Gasteiger partial charge in [-0.05, 0) is 49.8 Å². The number of hydrogen-bond acceptors (Lipinski definition) is 4. The Bertz CT molecular complexity index is 772. The van der Waals surface area contributed by atoms with Gasteiger partial charge in [0.1, 0.15) is 0 Å². The lowest BCUT2D eigenvalue weighted by Crippen LogP contribution is -2.39. The molecule has 0 aliphatic carbocycles. The lowest BCUT2D eigenvalue weighted by atomic mass is 10.1. The predicted molar refractivity (Wildman–Crippen MR) is 104 cm³/mol. The van der Waals surface area contributed by atoms with Crippen LogP contribution >= 0.6 is 0 Å². The van der Waals surface area contributed by atoms with Crippen molar-refractivity contribution in [1.82, 2.24) is 14.5 Å². The molecule has 7 heteroatoms. The summed E-state index contributed by atoms with van der Waals surface area (Å²) in [6.45, 7) is 2.81. The van der Waals surface area contributed by atoms with Crippen molar-refractivity contribution < 1.29 is 13.2 Å². The third-order valence-corrected chi connectivity index (χ3v) is 8.02. The Morgan fingerprint density at radius 1 is 0.963 bits per heavy atom. The SMILES string of the molecule is O=C(Cc1ccc(S(=O)(=O)N2CCCCC2)cc1)N1CCC2CCC(C1)N2. The van der Waals surface area contributed by atoms with Crippen LogP contribution < -0.4 is 5.32 Å². The van der Waals surface area contributed by atoms with Crippen molar-refractivity contribution in [2.45, 2.75) is 61.9 Å². The normalized spacial score (nSPS) is 26.7. The Balaban J connectivity index is 1.39. The van der Waals surface area contributed by atoms with Crippen LogP contribution in [0.1, 0.15) is 44.1 Å². The summed E-state index contributed by atoms with van der Waals surface area (Å²) in [5.74, 6) is 0.135. The molecule has 2 atom stereocenters. The third kappa shape index (κ3) is 4.20. The van der Waals surface area contributed by atoms with Crippen molar-refractivity contribution in [1.29, 1.82) is 0 Å². The number of piperidine rings is 1. The number of nitrogens with one attached hydrogen (secondary N) is 1. The molecule has 0 saturated carbocycles. The Morgan fingerprint density at radius 3 is 2.41 bits per heavy atom. The number of rotatable bonds is 4. The smallest absolute Gasteiger partial charge is 0.243 e. The first-order chi connectivity index (χ1) is 13.0. The van der Waals surface area contributed by atoms with Gasteiger partial charge in [-0.1, -0.05) is 18.6 Å². The van der Waals surface area contributed by atoms with E-state index in [1.165, 1.54) is 6.42 Å². The first-order valence-electron chi connectivity index (χ1n) is 10.2. The molecule has 27 heavy (non-hydrogen) atoms. The van der Waals surface area contributed by atoms with Gasteiger partial charge in [0.15, 0.2) is 0 Å². The van der Waals surface area contributed by atoms with Crippen LogP contribution in [0.15, 0.2) is 29.2 Å². The maximum atomic E-state index is 12.7. The van der Waals surface area contributed by atoms with Crippen LogP contribution in [0, 0.1) is 0 Å². The van der Waals surface area contributed by atoms with E-state index in [4.69, 9.17) is 0 Å². The average Bonchev–Trinajstić information content (AvgIpc) is 3.01. The fourth-order valence-electron chi connectivity index (χ4n) is 4.49. The monoisotopic (exact) mass is 391 g/mol. The van der Waals surface area contributed by atoms with E-state index in [1.807, 2.05) is 4.90 Å². The van der Waals surface area contributed by atoms with Crippen molar-refractivity contribution in [3.8, 4) is 0 Å². The Kier molecular flexibility index (Phi) is 5.53. The molecule has 3 saturated heterocycles. The van der Waals surface area contributed by atoms with E-state index < -0.39 is 10.0 Å². The molecule has 3 aliphatic rings. The van der Waals surface area contributed by atoms with Gasteiger partial charge in [0.25, 0.3) is 0 Å². The zero-order valence-corrected chi connectivity index (χ0v) is 16.6. The van der Waals surface area contributed by atoms with Crippen LogP contribution in [0.5, 0.6) is 0 Å². The highest BCUT2D eigenvalue weighted by Gasteiger charge is 2.31. The summed E-state index contributed by atoms with van der Waals surface area (Å²) in [6.07, 6.45) is 6.69. The van der Waals surface area contributed by atoms with Crippen molar-refractivity contribution in [2.75, 3.05) is 26.2 Å². The van der Waals surface area contributed by atoms with Gasteiger partial charge in [-0.3, -0.25) is 4.79 Å². The van der Waals surface area contributed by atoms with Crippen molar-refractivity contribution >= 4 is 15.9 Å². The van der Waals surface area contributed by atoms with Crippen LogP contribution in [0.3, 0.4) is 0 Å². The van der Waals surface area contributed by atoms with Gasteiger partial charge in [-0.15, -0.1) is 0 Å². The van der Waals surface area contributed by atoms with Crippen molar-refractivity contribution in [2.24, 2.45) is 0 Å². The van der Waals surface area contributed by atoms with E-state index in [9.17, 15) is 13.2 Å². The summed E-state index contributed by atoms with van der Waals surface area (Å²) in [4.78, 5) is 15.0. The van der Waals surface area contributed by atoms with Crippen molar-refractivity contribution in [3.63, 3.8) is 0 Å². The molecule has 0 radical (unpaired) electrons. The number of hydrogen-bond donors (Lipinski definition) is 1. The van der Waals surface area contributed by atoms with E-state index in [1.54, 1.807) is 28.6 Å². The molecule has 6 nitrogen and oxygen atoms in total. The molecule has 3 aliphatic heterocycles. The molecule has 3 fully saturated rings. The molecular formula is C20H29N3O3S. The Hall–Kier alpha value is -1.44. The number of likely N-dealkylation sites (tertiary alicyclic amines) is 1. The number of sulfonamides is 1. The zero-order valence-electron chi connectivity index (χ0n) is 15.8. The number of carbonyl (C=O) groups is 1. The van der Waals surface area contributed by atoms with Crippen LogP contribution in [0.2, 0.25) is 0 Å². The second-order valence-corrected chi connectivity index (χ2v) is 9.99. The van der Waals surface area contributed by atoms with E-state index in [0.29, 0.717) is 36.5 Å². The highest BCUT2D eigenvalue weighted by atomic mass is 32.2. The lowest BCUT2D eigenvalue weighted by molar-refractivity contribution is -0.130. The molecule has 1 aromatic carbocycles. The maximum Gasteiger partial charge on any atom is 0.243 e. The molecule has 2 unspecified atom stereocenters. The molecule has 1 amide bonds. The quantitative estimate of drug-likeness (QED) is 0.849. The second-order valence-electron chi connectivity index (χ2n) is 8.05. The van der Waals surface area contributed by atoms with Gasteiger partial charge in [-0.25, -0.2) is 8.42 Å². The first-order valence-corrected chi connectivity index (χ1v) is 11.6. The van der Waals surface area contributed by atoms with E-state index >= 15 is 0 Å². The minimum atomic E-state index is -3.41. The molecule has 1 aromatic rings. The second kappa shape index (κ2) is 7.89. The Labute approximate surface area is 162 Å². The summed E-state index contributed by atoms with van der Waals surface area (Å²) in [5.41, 5.74) is 0.875. The number of carbonyl (C=O) groups excluding carboxylic acids is 1. The summed E-state index contributed by atoms with van der Waals surface area (Å²) >= 11 is 0. The summed E-state index contributed by atoms with van der Waals surface area (Å²) < 4.78 is 27.0. The third-order valence-electron chi connectivity index (χ3n) is 6.11. The first kappa shape index (κ1) is 18.9. The Morgan fingerprint density at radius 2 is 1.67 bits per heavy atom. The number of amides is 1. The van der Waals surface area contributed by atoms with E-state index in [-0.39, 0.29) is 5.91 Å². The number of benzene rings is 1. The molecule has 4 rings (SSSR count). The van der Waals surface area contributed by atoms with Gasteiger partial charge in [-0.2, -0.15) is 4.31 Å². The lowest BCUT2D eigenvalue weighted by Gasteiger charge is -2.26. The molecule has 148 valence electrons. The average molecular weight is 392 g/mol. The minimum Gasteiger partial charge on any atom is -0.341 e. The number of nitrogens with zero attached hydrogens (tertiary/aromatic N) is 2. The predicted octanol–water partition coefficient (Wildman–Crippen LogP) is 1.76. The van der Waals surface area contributed by atoms with Gasteiger partial charge in [0, 0.05) is 38.3 Å². The highest BCUT2D eigenvalue weighted by molar-refractivity contribution is 7.89. The fourth-order valence-corrected chi connectivity index (χ4v) is 6.01. The minimum absolute atomic E-state index is 0.135. The number of fused-ring (bicyclic) bond motifs is 2. The van der Waals surface area contributed by atoms with E-state index in [0.717, 1.165) is 50.8 Å². The highest BCUT2D eigenvalue weighted by Crippen LogP contribution is 2.23. The summed E-state index contributed by atoms with van der Waals surface area (Å²) in [6, 6.07) is 7.87. The molecule has 1 N–H and O–H groups in total. The summed E-state index contributed by atoms with van der Waals surface area (Å²) in [5, 5.41) is 3.59. The van der Waals surface area contributed by atoms with Crippen LogP contribution in [-0.4, -0.2) is 61.8 Å². The van der Waals surface area contributed by atoms with Crippen LogP contribution in [-0.2, 0) is 21.2 Å². The molecule has 2 bridgehead atoms. The van der Waals surface area contributed by atoms with Crippen molar-refractivity contribution in [3.05, 3.63) is 29.8 Å². The maximum absolute atomic E-state index is 12.7. The molecular weight excluding hydrogens is 362 g/mol. The topological polar surface area (TPSA) is 69.7 Å². The van der Waals surface area contributed by atoms with Crippen LogP contribution in [0.4, 0.5) is 0 Å². The van der Waals surface area contributed by atoms with Gasteiger partial charge in [0.05, 0.1) is 11.3 Å². The van der Waals surface area contributed by atoms with Gasteiger partial charge in [0.2, 0.25) is 15.9 Å². The molecule has 0 aromatic heterocycles. The van der Waals surface area contributed by atoms with E-state index in [2.05, 4.69) is 5.32 Å². The fraction of sp³-hybridized carbons (Fsp3) is 0.650. The largest absolute Gasteiger partial charge is 0.341 e. The zero-order chi connectivity index (χ0) is 18.9. The van der Waals surface area contributed by atoms with Crippen LogP contribution in [0.25, 0.3) is 0 Å². The van der Waals surface area contributed by atoms with Gasteiger partial charge >= 0.3 is 0 Å². The van der Waals surface area contributed by atoms with Gasteiger partial charge < -0.3 is 10.2 Å². The molecule has 3 heterocycles. The molecule has 0 spiro atoms. The standard InChI is InChI=1S/C20H29N3O3S/c24-20(22-13-10-17-6-7-18(15-22)21-17)14-16-4-8-19(9-5-16)27(25,26)23-11-2-1-3-12-23/h4-5,8-9,17-18,21H,1-3,6-7,10-15H2.